The molecule has 1 N–H and O–H groups in total. The highest BCUT2D eigenvalue weighted by molar-refractivity contribution is 5.92. The molecule has 1 saturated carbocycles. The van der Waals surface area contributed by atoms with Crippen LogP contribution in [0, 0.1) is 5.41 Å². The first kappa shape index (κ1) is 15.1. The molecule has 2 aliphatic rings. The van der Waals surface area contributed by atoms with E-state index in [1.54, 1.807) is 24.9 Å². The number of carbonyl (C=O) groups is 1. The van der Waals surface area contributed by atoms with Gasteiger partial charge in [-0.15, -0.1) is 0 Å². The fourth-order valence-corrected chi connectivity index (χ4v) is 3.92. The molecular formula is C17H22N6O. The lowest BCUT2D eigenvalue weighted by atomic mass is 9.60. The molecule has 1 aliphatic heterocycles. The third-order valence-corrected chi connectivity index (χ3v) is 5.29. The molecule has 2 fully saturated rings. The van der Waals surface area contributed by atoms with Gasteiger partial charge in [0.05, 0.1) is 6.33 Å². The Hall–Kier alpha value is -2.44. The zero-order valence-corrected chi connectivity index (χ0v) is 13.9. The summed E-state index contributed by atoms with van der Waals surface area (Å²) >= 11 is 0. The molecule has 0 radical (unpaired) electrons. The highest BCUT2D eigenvalue weighted by atomic mass is 16.2. The summed E-state index contributed by atoms with van der Waals surface area (Å²) in [6, 6.07) is 2.27. The van der Waals surface area contributed by atoms with E-state index in [0.29, 0.717) is 23.1 Å². The maximum atomic E-state index is 12.5. The minimum atomic E-state index is 0.0529. The van der Waals surface area contributed by atoms with Crippen molar-refractivity contribution in [2.24, 2.45) is 12.5 Å². The predicted molar refractivity (Wildman–Crippen MR) is 89.5 cm³/mol. The number of imidazole rings is 1. The molecule has 24 heavy (non-hydrogen) atoms. The van der Waals surface area contributed by atoms with Crippen molar-refractivity contribution in [1.82, 2.24) is 24.4 Å². The monoisotopic (exact) mass is 326 g/mol. The van der Waals surface area contributed by atoms with Crippen LogP contribution in [0.4, 0.5) is 5.95 Å². The maximum Gasteiger partial charge on any atom is 0.274 e. The fourth-order valence-electron chi connectivity index (χ4n) is 3.92. The van der Waals surface area contributed by atoms with Crippen molar-refractivity contribution in [3.63, 3.8) is 0 Å². The molecule has 7 heteroatoms. The van der Waals surface area contributed by atoms with Crippen LogP contribution in [0.25, 0.3) is 0 Å². The number of aryl methyl sites for hydroxylation is 1. The van der Waals surface area contributed by atoms with Crippen molar-refractivity contribution in [2.45, 2.75) is 31.7 Å². The Morgan fingerprint density at radius 2 is 1.92 bits per heavy atom. The van der Waals surface area contributed by atoms with Gasteiger partial charge < -0.3 is 14.8 Å². The zero-order valence-electron chi connectivity index (χ0n) is 13.9. The molecule has 7 nitrogen and oxygen atoms in total. The highest BCUT2D eigenvalue weighted by Gasteiger charge is 2.46. The van der Waals surface area contributed by atoms with Crippen molar-refractivity contribution in [3.8, 4) is 0 Å². The number of piperidine rings is 1. The van der Waals surface area contributed by atoms with Gasteiger partial charge in [-0.05, 0) is 37.2 Å². The van der Waals surface area contributed by atoms with Gasteiger partial charge in [-0.1, -0.05) is 0 Å². The Morgan fingerprint density at radius 3 is 2.54 bits per heavy atom. The summed E-state index contributed by atoms with van der Waals surface area (Å²) in [5, 5.41) is 3.40. The van der Waals surface area contributed by atoms with Crippen molar-refractivity contribution < 1.29 is 4.79 Å². The number of aromatic nitrogens is 4. The number of anilines is 1. The molecule has 1 aliphatic carbocycles. The SMILES string of the molecule is Cn1cnc(C(=O)N2CCC3(CC2)CC(Nc2ncccn2)C3)c1. The Bertz CT molecular complexity index is 712. The van der Waals surface area contributed by atoms with Crippen LogP contribution in [0.2, 0.25) is 0 Å². The van der Waals surface area contributed by atoms with E-state index in [1.807, 2.05) is 22.6 Å². The van der Waals surface area contributed by atoms with Crippen LogP contribution in [-0.2, 0) is 7.05 Å². The average Bonchev–Trinajstić information content (AvgIpc) is 3.01. The molecule has 3 heterocycles. The molecule has 1 spiro atoms. The first-order chi connectivity index (χ1) is 11.6. The largest absolute Gasteiger partial charge is 0.351 e. The first-order valence-electron chi connectivity index (χ1n) is 8.44. The smallest absolute Gasteiger partial charge is 0.274 e. The van der Waals surface area contributed by atoms with E-state index in [-0.39, 0.29) is 5.91 Å². The summed E-state index contributed by atoms with van der Waals surface area (Å²) in [4.78, 5) is 27.0. The van der Waals surface area contributed by atoms with E-state index >= 15 is 0 Å². The third kappa shape index (κ3) is 2.86. The molecule has 1 amide bonds. The van der Waals surface area contributed by atoms with E-state index in [9.17, 15) is 4.79 Å². The van der Waals surface area contributed by atoms with Gasteiger partial charge in [0.2, 0.25) is 5.95 Å². The molecule has 0 aromatic carbocycles. The summed E-state index contributed by atoms with van der Waals surface area (Å²) in [5.41, 5.74) is 0.927. The quantitative estimate of drug-likeness (QED) is 0.929. The van der Waals surface area contributed by atoms with Crippen LogP contribution in [0.15, 0.2) is 31.0 Å². The molecule has 4 rings (SSSR count). The predicted octanol–water partition coefficient (Wildman–Crippen LogP) is 1.71. The number of nitrogens with one attached hydrogen (secondary N) is 1. The van der Waals surface area contributed by atoms with Crippen LogP contribution >= 0.6 is 0 Å². The van der Waals surface area contributed by atoms with E-state index in [1.165, 1.54) is 0 Å². The maximum absolute atomic E-state index is 12.5. The van der Waals surface area contributed by atoms with Gasteiger partial charge in [-0.25, -0.2) is 15.0 Å². The molecule has 0 bridgehead atoms. The molecule has 0 atom stereocenters. The van der Waals surface area contributed by atoms with Gasteiger partial charge in [0, 0.05) is 44.8 Å². The van der Waals surface area contributed by atoms with Crippen LogP contribution in [0.1, 0.15) is 36.2 Å². The molecule has 0 unspecified atom stereocenters. The number of hydrogen-bond acceptors (Lipinski definition) is 5. The average molecular weight is 326 g/mol. The molecule has 2 aromatic heterocycles. The standard InChI is InChI=1S/C17H22N6O/c1-22-11-14(20-12-22)15(24)23-7-3-17(4-8-23)9-13(10-17)21-16-18-5-2-6-19-16/h2,5-6,11-13H,3-4,7-10H2,1H3,(H,18,19,21). The molecule has 126 valence electrons. The minimum Gasteiger partial charge on any atom is -0.351 e. The number of likely N-dealkylation sites (tertiary alicyclic amines) is 1. The van der Waals surface area contributed by atoms with Crippen LogP contribution in [0.5, 0.6) is 0 Å². The van der Waals surface area contributed by atoms with Gasteiger partial charge in [0.15, 0.2) is 0 Å². The van der Waals surface area contributed by atoms with E-state index < -0.39 is 0 Å². The Labute approximate surface area is 141 Å². The second kappa shape index (κ2) is 5.89. The lowest BCUT2D eigenvalue weighted by Gasteiger charge is -2.52. The van der Waals surface area contributed by atoms with E-state index in [0.717, 1.165) is 38.8 Å². The van der Waals surface area contributed by atoms with Gasteiger partial charge in [-0.2, -0.15) is 0 Å². The van der Waals surface area contributed by atoms with Crippen molar-refractivity contribution in [2.75, 3.05) is 18.4 Å². The number of hydrogen-bond donors (Lipinski definition) is 1. The van der Waals surface area contributed by atoms with Gasteiger partial charge in [0.25, 0.3) is 5.91 Å². The highest BCUT2D eigenvalue weighted by Crippen LogP contribution is 2.49. The topological polar surface area (TPSA) is 75.9 Å². The summed E-state index contributed by atoms with van der Waals surface area (Å²) in [5.74, 6) is 0.761. The zero-order chi connectivity index (χ0) is 16.6. The Balaban J connectivity index is 1.29. The molecule has 2 aromatic rings. The second-order valence-electron chi connectivity index (χ2n) is 7.04. The van der Waals surface area contributed by atoms with Gasteiger partial charge >= 0.3 is 0 Å². The lowest BCUT2D eigenvalue weighted by molar-refractivity contribution is 0.0215. The Kier molecular flexibility index (Phi) is 3.70. The van der Waals surface area contributed by atoms with Crippen LogP contribution in [0.3, 0.4) is 0 Å². The summed E-state index contributed by atoms with van der Waals surface area (Å²) in [7, 11) is 1.88. The van der Waals surface area contributed by atoms with Crippen LogP contribution < -0.4 is 5.32 Å². The lowest BCUT2D eigenvalue weighted by Crippen LogP contribution is -2.52. The van der Waals surface area contributed by atoms with Gasteiger partial charge in [-0.3, -0.25) is 4.79 Å². The fraction of sp³-hybridized carbons (Fsp3) is 0.529. The normalized spacial score (nSPS) is 20.0. The number of amides is 1. The first-order valence-corrected chi connectivity index (χ1v) is 8.44. The summed E-state index contributed by atoms with van der Waals surface area (Å²) < 4.78 is 1.81. The second-order valence-corrected chi connectivity index (χ2v) is 7.04. The van der Waals surface area contributed by atoms with Gasteiger partial charge in [0.1, 0.15) is 5.69 Å². The molecule has 1 saturated heterocycles. The number of carbonyl (C=O) groups excluding carboxylic acids is 1. The summed E-state index contributed by atoms with van der Waals surface area (Å²) in [6.07, 6.45) is 11.4. The van der Waals surface area contributed by atoms with Crippen LogP contribution in [-0.4, -0.2) is 49.5 Å². The van der Waals surface area contributed by atoms with Crippen molar-refractivity contribution >= 4 is 11.9 Å². The summed E-state index contributed by atoms with van der Waals surface area (Å²) in [6.45, 7) is 1.65. The third-order valence-electron chi connectivity index (χ3n) is 5.29. The van der Waals surface area contributed by atoms with Crippen molar-refractivity contribution in [3.05, 3.63) is 36.7 Å². The van der Waals surface area contributed by atoms with E-state index in [2.05, 4.69) is 20.3 Å². The van der Waals surface area contributed by atoms with E-state index in [4.69, 9.17) is 0 Å². The minimum absolute atomic E-state index is 0.0529. The number of nitrogens with zero attached hydrogens (tertiary/aromatic N) is 5. The Morgan fingerprint density at radius 1 is 1.21 bits per heavy atom. The number of rotatable bonds is 3. The molecular weight excluding hydrogens is 304 g/mol. The van der Waals surface area contributed by atoms with Crippen molar-refractivity contribution in [1.29, 1.82) is 0 Å².